The predicted molar refractivity (Wildman–Crippen MR) is 113 cm³/mol. The highest BCUT2D eigenvalue weighted by Gasteiger charge is 2.44. The first-order valence-corrected chi connectivity index (χ1v) is 11.2. The summed E-state index contributed by atoms with van der Waals surface area (Å²) in [5.41, 5.74) is 0.0664. The summed E-state index contributed by atoms with van der Waals surface area (Å²) in [7, 11) is 1.63. The van der Waals surface area contributed by atoms with Crippen LogP contribution in [0.3, 0.4) is 0 Å². The van der Waals surface area contributed by atoms with Crippen molar-refractivity contribution in [2.75, 3.05) is 19.6 Å². The molecule has 2 aliphatic heterocycles. The Morgan fingerprint density at radius 3 is 2.65 bits per heavy atom. The fourth-order valence-electron chi connectivity index (χ4n) is 4.95. The molecule has 2 amide bonds. The number of amides is 2. The third-order valence-corrected chi connectivity index (χ3v) is 7.13. The molecule has 3 aliphatic rings. The van der Waals surface area contributed by atoms with Crippen molar-refractivity contribution in [2.45, 2.75) is 50.5 Å². The Bertz CT molecular complexity index is 1080. The van der Waals surface area contributed by atoms with Crippen LogP contribution in [0.2, 0.25) is 0 Å². The molecule has 4 heterocycles. The molecule has 2 aromatic heterocycles. The summed E-state index contributed by atoms with van der Waals surface area (Å²) in [6.07, 6.45) is 5.89. The maximum atomic E-state index is 13.0. The quantitative estimate of drug-likeness (QED) is 0.791. The monoisotopic (exact) mass is 424 g/mol. The van der Waals surface area contributed by atoms with Crippen molar-refractivity contribution in [2.24, 2.45) is 13.0 Å². The van der Waals surface area contributed by atoms with E-state index >= 15 is 0 Å². The van der Waals surface area contributed by atoms with Crippen LogP contribution < -0.4 is 10.9 Å². The van der Waals surface area contributed by atoms with Crippen LogP contribution in [0.5, 0.6) is 0 Å². The van der Waals surface area contributed by atoms with Crippen molar-refractivity contribution in [3.8, 4) is 0 Å². The number of pyridine rings is 1. The third kappa shape index (κ3) is 3.55. The van der Waals surface area contributed by atoms with Gasteiger partial charge in [-0.2, -0.15) is 0 Å². The molecule has 0 unspecified atom stereocenters. The average Bonchev–Trinajstić information content (AvgIpc) is 3.51. The van der Waals surface area contributed by atoms with Gasteiger partial charge in [0.25, 0.3) is 17.4 Å². The van der Waals surface area contributed by atoms with Gasteiger partial charge in [0.15, 0.2) is 0 Å². The number of carbonyl (C=O) groups excluding carboxylic acids is 2. The van der Waals surface area contributed by atoms with Gasteiger partial charge in [-0.15, -0.1) is 10.2 Å². The lowest BCUT2D eigenvalue weighted by molar-refractivity contribution is 0.0623. The van der Waals surface area contributed by atoms with E-state index in [1.165, 1.54) is 23.5 Å². The molecular weight excluding hydrogens is 396 g/mol. The molecular formula is C22H28N6O3. The number of hydrogen-bond donors (Lipinski definition) is 1. The molecule has 1 N–H and O–H groups in total. The Kier molecular flexibility index (Phi) is 4.91. The highest BCUT2D eigenvalue weighted by atomic mass is 16.2. The van der Waals surface area contributed by atoms with Gasteiger partial charge in [0.1, 0.15) is 11.5 Å². The van der Waals surface area contributed by atoms with Crippen molar-refractivity contribution in [3.05, 3.63) is 45.9 Å². The van der Waals surface area contributed by atoms with Crippen molar-refractivity contribution < 1.29 is 9.59 Å². The molecule has 1 saturated carbocycles. The Morgan fingerprint density at radius 1 is 1.13 bits per heavy atom. The van der Waals surface area contributed by atoms with Gasteiger partial charge in [0.2, 0.25) is 5.82 Å². The number of piperidine rings is 1. The second-order valence-electron chi connectivity index (χ2n) is 9.14. The molecule has 31 heavy (non-hydrogen) atoms. The number of likely N-dealkylation sites (tertiary alicyclic amines) is 1. The number of hydrogen-bond acceptors (Lipinski definition) is 5. The zero-order chi connectivity index (χ0) is 21.6. The lowest BCUT2D eigenvalue weighted by Crippen LogP contribution is -2.48. The van der Waals surface area contributed by atoms with E-state index in [0.717, 1.165) is 38.1 Å². The van der Waals surface area contributed by atoms with E-state index in [0.29, 0.717) is 37.1 Å². The second-order valence-corrected chi connectivity index (χ2v) is 9.14. The maximum Gasteiger partial charge on any atom is 0.289 e. The van der Waals surface area contributed by atoms with Crippen LogP contribution in [0.4, 0.5) is 0 Å². The van der Waals surface area contributed by atoms with Crippen LogP contribution in [0, 0.1) is 5.92 Å². The van der Waals surface area contributed by atoms with Crippen molar-refractivity contribution in [1.29, 1.82) is 0 Å². The summed E-state index contributed by atoms with van der Waals surface area (Å²) >= 11 is 0. The largest absolute Gasteiger partial charge is 0.349 e. The molecule has 5 rings (SSSR count). The van der Waals surface area contributed by atoms with Crippen LogP contribution in [-0.4, -0.2) is 55.7 Å². The maximum absolute atomic E-state index is 13.0. The smallest absolute Gasteiger partial charge is 0.289 e. The van der Waals surface area contributed by atoms with Crippen LogP contribution in [0.1, 0.15) is 65.5 Å². The molecule has 0 atom stereocenters. The summed E-state index contributed by atoms with van der Waals surface area (Å²) in [6.45, 7) is 2.66. The first kappa shape index (κ1) is 20.0. The topological polar surface area (TPSA) is 102 Å². The molecule has 1 aliphatic carbocycles. The molecule has 164 valence electrons. The fraction of sp³-hybridized carbons (Fsp3) is 0.591. The third-order valence-electron chi connectivity index (χ3n) is 7.13. The van der Waals surface area contributed by atoms with Gasteiger partial charge in [-0.05, 0) is 50.5 Å². The van der Waals surface area contributed by atoms with E-state index < -0.39 is 0 Å². The second kappa shape index (κ2) is 7.62. The molecule has 0 radical (unpaired) electrons. The molecule has 1 spiro atoms. The van der Waals surface area contributed by atoms with Crippen molar-refractivity contribution >= 4 is 11.8 Å². The molecule has 0 bridgehead atoms. The minimum Gasteiger partial charge on any atom is -0.349 e. The van der Waals surface area contributed by atoms with Crippen LogP contribution in [0.15, 0.2) is 23.0 Å². The summed E-state index contributed by atoms with van der Waals surface area (Å²) in [5, 5.41) is 11.7. The van der Waals surface area contributed by atoms with Gasteiger partial charge in [-0.3, -0.25) is 14.4 Å². The fourth-order valence-corrected chi connectivity index (χ4v) is 4.95. The van der Waals surface area contributed by atoms with Crippen molar-refractivity contribution in [1.82, 2.24) is 29.5 Å². The van der Waals surface area contributed by atoms with Crippen LogP contribution >= 0.6 is 0 Å². The lowest BCUT2D eigenvalue weighted by atomic mass is 9.72. The van der Waals surface area contributed by atoms with E-state index in [4.69, 9.17) is 0 Å². The first-order chi connectivity index (χ1) is 15.0. The average molecular weight is 425 g/mol. The summed E-state index contributed by atoms with van der Waals surface area (Å²) in [4.78, 5) is 39.3. The zero-order valence-electron chi connectivity index (χ0n) is 17.8. The molecule has 2 aromatic rings. The molecule has 2 fully saturated rings. The van der Waals surface area contributed by atoms with Gasteiger partial charge in [-0.1, -0.05) is 6.07 Å². The van der Waals surface area contributed by atoms with E-state index in [1.54, 1.807) is 19.2 Å². The Balaban J connectivity index is 1.32. The predicted octanol–water partition coefficient (Wildman–Crippen LogP) is 1.08. The van der Waals surface area contributed by atoms with E-state index in [-0.39, 0.29) is 22.8 Å². The highest BCUT2D eigenvalue weighted by Crippen LogP contribution is 2.42. The number of nitrogens with zero attached hydrogens (tertiary/aromatic N) is 5. The zero-order valence-corrected chi connectivity index (χ0v) is 17.8. The van der Waals surface area contributed by atoms with Gasteiger partial charge in [0.05, 0.1) is 0 Å². The van der Waals surface area contributed by atoms with E-state index in [1.807, 2.05) is 9.47 Å². The lowest BCUT2D eigenvalue weighted by Gasteiger charge is -2.43. The van der Waals surface area contributed by atoms with Gasteiger partial charge < -0.3 is 19.4 Å². The number of rotatable bonds is 4. The standard InChI is InChI=1S/C22H28N6O3/c1-26-16(4-2-5-17(26)29)20(31)27-12-9-22(10-13-27)8-3-11-28-18(24-25-21(22)28)19(30)23-14-15-6-7-15/h2,4-5,15H,3,6-14H2,1H3,(H,23,30). The summed E-state index contributed by atoms with van der Waals surface area (Å²) < 4.78 is 3.39. The first-order valence-electron chi connectivity index (χ1n) is 11.2. The molecule has 9 heteroatoms. The van der Waals surface area contributed by atoms with E-state index in [2.05, 4.69) is 15.5 Å². The van der Waals surface area contributed by atoms with Crippen LogP contribution in [0.25, 0.3) is 0 Å². The van der Waals surface area contributed by atoms with Crippen LogP contribution in [-0.2, 0) is 19.0 Å². The van der Waals surface area contributed by atoms with Crippen molar-refractivity contribution in [3.63, 3.8) is 0 Å². The summed E-state index contributed by atoms with van der Waals surface area (Å²) in [6, 6.07) is 4.77. The normalized spacial score (nSPS) is 19.8. The molecule has 0 aromatic carbocycles. The number of nitrogens with one attached hydrogen (secondary N) is 1. The summed E-state index contributed by atoms with van der Waals surface area (Å²) in [5.74, 6) is 1.65. The number of aromatic nitrogens is 4. The molecule has 9 nitrogen and oxygen atoms in total. The Labute approximate surface area is 180 Å². The minimum atomic E-state index is -0.188. The molecule has 1 saturated heterocycles. The Morgan fingerprint density at radius 2 is 1.90 bits per heavy atom. The van der Waals surface area contributed by atoms with Gasteiger partial charge in [-0.25, -0.2) is 0 Å². The number of fused-ring (bicyclic) bond motifs is 2. The SMILES string of the molecule is Cn1c(C(=O)N2CCC3(CCCn4c(C(=O)NCC5CC5)nnc43)CC2)cccc1=O. The number of carbonyl (C=O) groups is 2. The van der Waals surface area contributed by atoms with E-state index in [9.17, 15) is 14.4 Å². The minimum absolute atomic E-state index is 0.118. The van der Waals surface area contributed by atoms with Gasteiger partial charge >= 0.3 is 0 Å². The Hall–Kier alpha value is -2.97. The van der Waals surface area contributed by atoms with Gasteiger partial charge in [0, 0.05) is 44.7 Å². The highest BCUT2D eigenvalue weighted by molar-refractivity contribution is 5.92.